The number of carboxylic acids is 1. The predicted molar refractivity (Wildman–Crippen MR) is 70.6 cm³/mol. The molecule has 1 saturated heterocycles. The molecule has 0 spiro atoms. The second-order valence-electron chi connectivity index (χ2n) is 4.86. The van der Waals surface area contributed by atoms with E-state index in [1.165, 1.54) is 0 Å². The van der Waals surface area contributed by atoms with Crippen LogP contribution in [0.15, 0.2) is 0 Å². The fourth-order valence-corrected chi connectivity index (χ4v) is 2.47. The smallest absolute Gasteiger partial charge is 0.320 e. The summed E-state index contributed by atoms with van der Waals surface area (Å²) in [5.41, 5.74) is 5.45. The minimum absolute atomic E-state index is 0.210. The van der Waals surface area contributed by atoms with Crippen LogP contribution in [-0.4, -0.2) is 54.4 Å². The molecule has 0 amide bonds. The lowest BCUT2D eigenvalue weighted by Crippen LogP contribution is -2.44. The van der Waals surface area contributed by atoms with Gasteiger partial charge in [-0.3, -0.25) is 9.69 Å². The van der Waals surface area contributed by atoms with E-state index in [4.69, 9.17) is 10.5 Å². The quantitative estimate of drug-likeness (QED) is 0.605. The highest BCUT2D eigenvalue weighted by molar-refractivity contribution is 5.73. The molecule has 0 aromatic rings. The van der Waals surface area contributed by atoms with Crippen molar-refractivity contribution in [1.82, 2.24) is 4.90 Å². The van der Waals surface area contributed by atoms with E-state index in [0.717, 1.165) is 45.4 Å². The standard InChI is InChI=1S/C13H26N2O3/c1-2-15(10-11-6-5-9-18-11)12(13(16)17)7-3-4-8-14/h11-12H,2-10,14H2,1H3,(H,16,17). The van der Waals surface area contributed by atoms with Crippen molar-refractivity contribution in [3.8, 4) is 0 Å². The first kappa shape index (κ1) is 15.4. The van der Waals surface area contributed by atoms with E-state index in [1.807, 2.05) is 11.8 Å². The van der Waals surface area contributed by atoms with Crippen LogP contribution in [0, 0.1) is 0 Å². The van der Waals surface area contributed by atoms with Crippen molar-refractivity contribution in [3.63, 3.8) is 0 Å². The van der Waals surface area contributed by atoms with E-state index in [-0.39, 0.29) is 6.10 Å². The van der Waals surface area contributed by atoms with E-state index in [2.05, 4.69) is 0 Å². The number of nitrogens with two attached hydrogens (primary N) is 1. The second-order valence-corrected chi connectivity index (χ2v) is 4.86. The van der Waals surface area contributed by atoms with Crippen LogP contribution in [0.5, 0.6) is 0 Å². The monoisotopic (exact) mass is 258 g/mol. The molecule has 0 aromatic heterocycles. The number of unbranched alkanes of at least 4 members (excludes halogenated alkanes) is 1. The Balaban J connectivity index is 2.47. The number of ether oxygens (including phenoxy) is 1. The first-order chi connectivity index (χ1) is 8.69. The minimum Gasteiger partial charge on any atom is -0.480 e. The Morgan fingerprint density at radius 1 is 1.56 bits per heavy atom. The van der Waals surface area contributed by atoms with Gasteiger partial charge in [0.25, 0.3) is 0 Å². The number of aliphatic carboxylic acids is 1. The van der Waals surface area contributed by atoms with Gasteiger partial charge in [-0.15, -0.1) is 0 Å². The second kappa shape index (κ2) is 8.45. The molecule has 1 aliphatic heterocycles. The summed E-state index contributed by atoms with van der Waals surface area (Å²) in [4.78, 5) is 13.4. The van der Waals surface area contributed by atoms with Crippen molar-refractivity contribution in [2.24, 2.45) is 5.73 Å². The van der Waals surface area contributed by atoms with Gasteiger partial charge in [-0.05, 0) is 38.8 Å². The van der Waals surface area contributed by atoms with Crippen molar-refractivity contribution in [2.75, 3.05) is 26.2 Å². The average molecular weight is 258 g/mol. The third-order valence-electron chi connectivity index (χ3n) is 3.53. The van der Waals surface area contributed by atoms with Gasteiger partial charge in [-0.2, -0.15) is 0 Å². The average Bonchev–Trinajstić information content (AvgIpc) is 2.85. The molecular weight excluding hydrogens is 232 g/mol. The Morgan fingerprint density at radius 3 is 2.83 bits per heavy atom. The molecule has 106 valence electrons. The van der Waals surface area contributed by atoms with Crippen LogP contribution in [0.25, 0.3) is 0 Å². The maximum absolute atomic E-state index is 11.4. The molecule has 5 heteroatoms. The predicted octanol–water partition coefficient (Wildman–Crippen LogP) is 1.07. The van der Waals surface area contributed by atoms with Crippen LogP contribution in [0.4, 0.5) is 0 Å². The maximum Gasteiger partial charge on any atom is 0.320 e. The van der Waals surface area contributed by atoms with E-state index in [9.17, 15) is 9.90 Å². The summed E-state index contributed by atoms with van der Waals surface area (Å²) in [6, 6.07) is -0.397. The third kappa shape index (κ3) is 4.92. The summed E-state index contributed by atoms with van der Waals surface area (Å²) in [5, 5.41) is 9.33. The van der Waals surface area contributed by atoms with Gasteiger partial charge in [-0.1, -0.05) is 13.3 Å². The van der Waals surface area contributed by atoms with Gasteiger partial charge < -0.3 is 15.6 Å². The molecule has 1 heterocycles. The van der Waals surface area contributed by atoms with Crippen LogP contribution in [0.2, 0.25) is 0 Å². The maximum atomic E-state index is 11.4. The summed E-state index contributed by atoms with van der Waals surface area (Å²) in [7, 11) is 0. The van der Waals surface area contributed by atoms with Gasteiger partial charge >= 0.3 is 5.97 Å². The van der Waals surface area contributed by atoms with Crippen LogP contribution in [0.1, 0.15) is 39.0 Å². The zero-order chi connectivity index (χ0) is 13.4. The molecule has 0 saturated carbocycles. The molecular formula is C13H26N2O3. The molecule has 1 fully saturated rings. The lowest BCUT2D eigenvalue weighted by Gasteiger charge is -2.29. The van der Waals surface area contributed by atoms with Gasteiger partial charge in [-0.25, -0.2) is 0 Å². The molecule has 0 aromatic carbocycles. The lowest BCUT2D eigenvalue weighted by atomic mass is 10.1. The van der Waals surface area contributed by atoms with Gasteiger partial charge in [0, 0.05) is 13.2 Å². The molecule has 0 aliphatic carbocycles. The van der Waals surface area contributed by atoms with E-state index in [0.29, 0.717) is 13.0 Å². The summed E-state index contributed by atoms with van der Waals surface area (Å²) in [6.45, 7) is 4.93. The highest BCUT2D eigenvalue weighted by atomic mass is 16.5. The Kier molecular flexibility index (Phi) is 7.23. The van der Waals surface area contributed by atoms with Crippen LogP contribution in [0.3, 0.4) is 0 Å². The molecule has 2 atom stereocenters. The van der Waals surface area contributed by atoms with Crippen molar-refractivity contribution >= 4 is 5.97 Å². The highest BCUT2D eigenvalue weighted by Crippen LogP contribution is 2.17. The number of hydrogen-bond acceptors (Lipinski definition) is 4. The molecule has 2 unspecified atom stereocenters. The van der Waals surface area contributed by atoms with E-state index in [1.54, 1.807) is 0 Å². The van der Waals surface area contributed by atoms with E-state index >= 15 is 0 Å². The van der Waals surface area contributed by atoms with E-state index < -0.39 is 12.0 Å². The number of carboxylic acid groups (broad SMARTS) is 1. The number of hydrogen-bond donors (Lipinski definition) is 2. The van der Waals surface area contributed by atoms with Crippen molar-refractivity contribution in [3.05, 3.63) is 0 Å². The summed E-state index contributed by atoms with van der Waals surface area (Å²) in [5.74, 6) is -0.730. The Hall–Kier alpha value is -0.650. The fourth-order valence-electron chi connectivity index (χ4n) is 2.47. The van der Waals surface area contributed by atoms with Crippen LogP contribution < -0.4 is 5.73 Å². The largest absolute Gasteiger partial charge is 0.480 e. The first-order valence-corrected chi connectivity index (χ1v) is 6.97. The Labute approximate surface area is 109 Å². The van der Waals surface area contributed by atoms with Crippen molar-refractivity contribution in [1.29, 1.82) is 0 Å². The molecule has 3 N–H and O–H groups in total. The molecule has 1 rings (SSSR count). The number of nitrogens with zero attached hydrogens (tertiary/aromatic N) is 1. The normalized spacial score (nSPS) is 21.4. The van der Waals surface area contributed by atoms with Gasteiger partial charge in [0.1, 0.15) is 6.04 Å². The lowest BCUT2D eigenvalue weighted by molar-refractivity contribution is -0.144. The Morgan fingerprint density at radius 2 is 2.33 bits per heavy atom. The molecule has 5 nitrogen and oxygen atoms in total. The summed E-state index contributed by atoms with van der Waals surface area (Å²) >= 11 is 0. The molecule has 0 radical (unpaired) electrons. The minimum atomic E-state index is -0.730. The van der Waals surface area contributed by atoms with Crippen LogP contribution >= 0.6 is 0 Å². The SMILES string of the molecule is CCN(CC1CCCO1)C(CCCCN)C(=O)O. The molecule has 18 heavy (non-hydrogen) atoms. The topological polar surface area (TPSA) is 75.8 Å². The van der Waals surface area contributed by atoms with Gasteiger partial charge in [0.2, 0.25) is 0 Å². The summed E-state index contributed by atoms with van der Waals surface area (Å²) < 4.78 is 5.59. The zero-order valence-electron chi connectivity index (χ0n) is 11.3. The molecule has 1 aliphatic rings. The van der Waals surface area contributed by atoms with Gasteiger partial charge in [0.15, 0.2) is 0 Å². The highest BCUT2D eigenvalue weighted by Gasteiger charge is 2.27. The zero-order valence-corrected chi connectivity index (χ0v) is 11.3. The van der Waals surface area contributed by atoms with Crippen LogP contribution in [-0.2, 0) is 9.53 Å². The van der Waals surface area contributed by atoms with Gasteiger partial charge in [0.05, 0.1) is 6.10 Å². The van der Waals surface area contributed by atoms with Crippen molar-refractivity contribution in [2.45, 2.75) is 51.2 Å². The third-order valence-corrected chi connectivity index (χ3v) is 3.53. The summed E-state index contributed by atoms with van der Waals surface area (Å²) in [6.07, 6.45) is 4.78. The number of rotatable bonds is 9. The number of likely N-dealkylation sites (N-methyl/N-ethyl adjacent to an activating group) is 1. The van der Waals surface area contributed by atoms with Crippen molar-refractivity contribution < 1.29 is 14.6 Å². The first-order valence-electron chi connectivity index (χ1n) is 6.97. The molecule has 0 bridgehead atoms. The Bertz CT molecular complexity index is 242. The number of carbonyl (C=O) groups is 1. The fraction of sp³-hybridized carbons (Fsp3) is 0.923.